The quantitative estimate of drug-likeness (QED) is 0.508. The lowest BCUT2D eigenvalue weighted by Gasteiger charge is -2.41. The zero-order valence-electron chi connectivity index (χ0n) is 5.81. The van der Waals surface area contributed by atoms with Gasteiger partial charge >= 0.3 is 0 Å². The minimum Gasteiger partial charge on any atom is -0.380 e. The summed E-state index contributed by atoms with van der Waals surface area (Å²) in [6.07, 6.45) is 1.31. The third-order valence-electron chi connectivity index (χ3n) is 2.77. The van der Waals surface area contributed by atoms with Gasteiger partial charge in [-0.25, -0.2) is 0 Å². The van der Waals surface area contributed by atoms with Crippen LogP contribution in [0.15, 0.2) is 0 Å². The Morgan fingerprint density at radius 1 is 1.56 bits per heavy atom. The molecule has 2 heterocycles. The molecule has 0 aromatic carbocycles. The van der Waals surface area contributed by atoms with Gasteiger partial charge in [0.05, 0.1) is 13.2 Å². The lowest BCUT2D eigenvalue weighted by molar-refractivity contribution is -0.115. The van der Waals surface area contributed by atoms with E-state index in [1.165, 1.54) is 13.0 Å². The fourth-order valence-corrected chi connectivity index (χ4v) is 1.73. The number of rotatable bonds is 0. The third-order valence-corrected chi connectivity index (χ3v) is 2.77. The molecule has 2 heteroatoms. The molecule has 1 spiro atoms. The van der Waals surface area contributed by atoms with Gasteiger partial charge in [0.15, 0.2) is 0 Å². The molecule has 2 saturated heterocycles. The SMILES string of the molecule is CC1NCCC12COC2. The van der Waals surface area contributed by atoms with E-state index in [2.05, 4.69) is 12.2 Å². The second-order valence-electron chi connectivity index (χ2n) is 3.28. The minimum atomic E-state index is 0.542. The van der Waals surface area contributed by atoms with Gasteiger partial charge in [-0.3, -0.25) is 0 Å². The lowest BCUT2D eigenvalue weighted by Crippen LogP contribution is -2.49. The first-order valence-electron chi connectivity index (χ1n) is 3.65. The number of ether oxygens (including phenoxy) is 1. The molecule has 0 amide bonds. The van der Waals surface area contributed by atoms with Crippen molar-refractivity contribution in [2.24, 2.45) is 5.41 Å². The molecular weight excluding hydrogens is 114 g/mol. The van der Waals surface area contributed by atoms with Crippen LogP contribution in [0.3, 0.4) is 0 Å². The van der Waals surface area contributed by atoms with Gasteiger partial charge in [-0.1, -0.05) is 0 Å². The first kappa shape index (κ1) is 5.69. The molecule has 52 valence electrons. The monoisotopic (exact) mass is 127 g/mol. The molecule has 2 fully saturated rings. The molecule has 0 radical (unpaired) electrons. The summed E-state index contributed by atoms with van der Waals surface area (Å²) < 4.78 is 5.19. The van der Waals surface area contributed by atoms with E-state index < -0.39 is 0 Å². The Balaban J connectivity index is 2.09. The summed E-state index contributed by atoms with van der Waals surface area (Å²) in [6.45, 7) is 5.42. The van der Waals surface area contributed by atoms with Gasteiger partial charge in [-0.2, -0.15) is 0 Å². The van der Waals surface area contributed by atoms with Crippen LogP contribution < -0.4 is 5.32 Å². The van der Waals surface area contributed by atoms with Crippen LogP contribution in [-0.2, 0) is 4.74 Å². The van der Waals surface area contributed by atoms with Crippen LogP contribution in [0.4, 0.5) is 0 Å². The van der Waals surface area contributed by atoms with Crippen molar-refractivity contribution in [3.63, 3.8) is 0 Å². The Morgan fingerprint density at radius 3 is 2.56 bits per heavy atom. The van der Waals surface area contributed by atoms with E-state index in [-0.39, 0.29) is 0 Å². The van der Waals surface area contributed by atoms with Gasteiger partial charge in [0.1, 0.15) is 0 Å². The average Bonchev–Trinajstić information content (AvgIpc) is 2.07. The average molecular weight is 127 g/mol. The van der Waals surface area contributed by atoms with Crippen molar-refractivity contribution in [2.45, 2.75) is 19.4 Å². The predicted molar refractivity (Wildman–Crippen MR) is 35.3 cm³/mol. The number of nitrogens with one attached hydrogen (secondary N) is 1. The van der Waals surface area contributed by atoms with E-state index in [0.29, 0.717) is 11.5 Å². The molecule has 1 atom stereocenters. The molecular formula is C7H13NO. The largest absolute Gasteiger partial charge is 0.380 e. The summed E-state index contributed by atoms with van der Waals surface area (Å²) >= 11 is 0. The molecule has 2 rings (SSSR count). The summed E-state index contributed by atoms with van der Waals surface area (Å²) in [5.74, 6) is 0. The Hall–Kier alpha value is -0.0800. The van der Waals surface area contributed by atoms with Crippen molar-refractivity contribution in [3.8, 4) is 0 Å². The first-order valence-corrected chi connectivity index (χ1v) is 3.65. The van der Waals surface area contributed by atoms with Crippen molar-refractivity contribution < 1.29 is 4.74 Å². The molecule has 1 unspecified atom stereocenters. The van der Waals surface area contributed by atoms with Crippen LogP contribution in [0.25, 0.3) is 0 Å². The summed E-state index contributed by atoms with van der Waals surface area (Å²) in [5.41, 5.74) is 0.542. The van der Waals surface area contributed by atoms with Gasteiger partial charge in [0, 0.05) is 11.5 Å². The fourth-order valence-electron chi connectivity index (χ4n) is 1.73. The van der Waals surface area contributed by atoms with E-state index in [9.17, 15) is 0 Å². The minimum absolute atomic E-state index is 0.542. The van der Waals surface area contributed by atoms with Crippen molar-refractivity contribution >= 4 is 0 Å². The van der Waals surface area contributed by atoms with Gasteiger partial charge in [-0.05, 0) is 19.9 Å². The molecule has 9 heavy (non-hydrogen) atoms. The normalized spacial score (nSPS) is 39.0. The molecule has 0 aromatic rings. The van der Waals surface area contributed by atoms with E-state index in [0.717, 1.165) is 13.2 Å². The molecule has 2 nitrogen and oxygen atoms in total. The van der Waals surface area contributed by atoms with Crippen LogP contribution in [0.2, 0.25) is 0 Å². The van der Waals surface area contributed by atoms with Gasteiger partial charge in [0.2, 0.25) is 0 Å². The smallest absolute Gasteiger partial charge is 0.0560 e. The zero-order chi connectivity index (χ0) is 6.32. The highest BCUT2D eigenvalue weighted by Gasteiger charge is 2.46. The molecule has 0 bridgehead atoms. The van der Waals surface area contributed by atoms with Gasteiger partial charge in [0.25, 0.3) is 0 Å². The van der Waals surface area contributed by atoms with E-state index in [1.807, 2.05) is 0 Å². The third kappa shape index (κ3) is 0.634. The lowest BCUT2D eigenvalue weighted by atomic mass is 9.79. The summed E-state index contributed by atoms with van der Waals surface area (Å²) in [4.78, 5) is 0. The molecule has 0 saturated carbocycles. The second-order valence-corrected chi connectivity index (χ2v) is 3.28. The maximum absolute atomic E-state index is 5.19. The van der Waals surface area contributed by atoms with Crippen LogP contribution >= 0.6 is 0 Å². The fraction of sp³-hybridized carbons (Fsp3) is 1.00. The Morgan fingerprint density at radius 2 is 2.33 bits per heavy atom. The molecule has 0 aliphatic carbocycles. The second kappa shape index (κ2) is 1.70. The molecule has 2 aliphatic heterocycles. The van der Waals surface area contributed by atoms with E-state index >= 15 is 0 Å². The highest BCUT2D eigenvalue weighted by atomic mass is 16.5. The van der Waals surface area contributed by atoms with Crippen molar-refractivity contribution in [3.05, 3.63) is 0 Å². The Kier molecular flexibility index (Phi) is 1.08. The zero-order valence-corrected chi connectivity index (χ0v) is 5.81. The van der Waals surface area contributed by atoms with Gasteiger partial charge < -0.3 is 10.1 Å². The predicted octanol–water partition coefficient (Wildman–Crippen LogP) is 0.385. The van der Waals surface area contributed by atoms with Crippen molar-refractivity contribution in [1.82, 2.24) is 5.32 Å². The summed E-state index contributed by atoms with van der Waals surface area (Å²) in [6, 6.07) is 0.686. The topological polar surface area (TPSA) is 21.3 Å². The van der Waals surface area contributed by atoms with Crippen molar-refractivity contribution in [1.29, 1.82) is 0 Å². The number of hydrogen-bond acceptors (Lipinski definition) is 2. The van der Waals surface area contributed by atoms with Crippen LogP contribution in [0, 0.1) is 5.41 Å². The Labute approximate surface area is 55.6 Å². The standard InChI is InChI=1S/C7H13NO/c1-6-7(2-3-8-6)4-9-5-7/h6,8H,2-5H2,1H3. The summed E-state index contributed by atoms with van der Waals surface area (Å²) in [5, 5.41) is 3.43. The van der Waals surface area contributed by atoms with E-state index in [4.69, 9.17) is 4.74 Å². The van der Waals surface area contributed by atoms with Gasteiger partial charge in [-0.15, -0.1) is 0 Å². The highest BCUT2D eigenvalue weighted by molar-refractivity contribution is 4.98. The highest BCUT2D eigenvalue weighted by Crippen LogP contribution is 2.38. The summed E-state index contributed by atoms with van der Waals surface area (Å²) in [7, 11) is 0. The van der Waals surface area contributed by atoms with Crippen LogP contribution in [0.5, 0.6) is 0 Å². The van der Waals surface area contributed by atoms with Crippen LogP contribution in [0.1, 0.15) is 13.3 Å². The number of hydrogen-bond donors (Lipinski definition) is 1. The molecule has 1 N–H and O–H groups in total. The van der Waals surface area contributed by atoms with E-state index in [1.54, 1.807) is 0 Å². The maximum atomic E-state index is 5.19. The van der Waals surface area contributed by atoms with Crippen molar-refractivity contribution in [2.75, 3.05) is 19.8 Å². The maximum Gasteiger partial charge on any atom is 0.0560 e. The first-order chi connectivity index (χ1) is 4.33. The Bertz CT molecular complexity index is 120. The van der Waals surface area contributed by atoms with Crippen LogP contribution in [-0.4, -0.2) is 25.8 Å². The molecule has 0 aromatic heterocycles. The molecule has 2 aliphatic rings.